The molecule has 0 fully saturated rings. The second-order valence-corrected chi connectivity index (χ2v) is 5.50. The molecular weight excluding hydrogens is 218 g/mol. The number of aryl methyl sites for hydroxylation is 1. The first-order chi connectivity index (χ1) is 7.74. The molecule has 90 valence electrons. The molecule has 2 nitrogen and oxygen atoms in total. The zero-order chi connectivity index (χ0) is 11.8. The van der Waals surface area contributed by atoms with Crippen molar-refractivity contribution in [2.45, 2.75) is 26.0 Å². The van der Waals surface area contributed by atoms with Crippen LogP contribution in [-0.2, 0) is 16.6 Å². The zero-order valence-electron chi connectivity index (χ0n) is 10.2. The van der Waals surface area contributed by atoms with Gasteiger partial charge in [0, 0.05) is 22.3 Å². The molecule has 0 aliphatic carbocycles. The molecule has 1 aromatic rings. The first kappa shape index (κ1) is 13.4. The summed E-state index contributed by atoms with van der Waals surface area (Å²) in [5.74, 6) is 1.49. The lowest BCUT2D eigenvalue weighted by molar-refractivity contribution is 0.669. The van der Waals surface area contributed by atoms with Gasteiger partial charge in [-0.05, 0) is 37.6 Å². The highest BCUT2D eigenvalue weighted by Crippen LogP contribution is 2.09. The van der Waals surface area contributed by atoms with Crippen LogP contribution in [0.4, 0.5) is 0 Å². The Labute approximate surface area is 101 Å². The van der Waals surface area contributed by atoms with E-state index in [-0.39, 0.29) is 0 Å². The molecular formula is C13H21NOS. The predicted molar refractivity (Wildman–Crippen MR) is 71.1 cm³/mol. The van der Waals surface area contributed by atoms with Crippen molar-refractivity contribution in [3.8, 4) is 0 Å². The standard InChI is InChI=1S/C13H21NOS/c1-3-14-9-6-10-16(15)11-13-8-5-4-7-12(13)2/h4-5,7-8,14H,3,6,9-11H2,1-2H3. The quantitative estimate of drug-likeness (QED) is 0.739. The number of nitrogens with one attached hydrogen (secondary N) is 1. The molecule has 0 saturated carbocycles. The molecule has 0 amide bonds. The van der Waals surface area contributed by atoms with Crippen molar-refractivity contribution < 1.29 is 4.21 Å². The molecule has 0 saturated heterocycles. The summed E-state index contributed by atoms with van der Waals surface area (Å²) in [6.07, 6.45) is 0.992. The largest absolute Gasteiger partial charge is 0.317 e. The molecule has 0 heterocycles. The van der Waals surface area contributed by atoms with E-state index in [9.17, 15) is 4.21 Å². The van der Waals surface area contributed by atoms with E-state index in [0.29, 0.717) is 5.75 Å². The van der Waals surface area contributed by atoms with E-state index >= 15 is 0 Å². The highest BCUT2D eigenvalue weighted by Gasteiger charge is 2.03. The van der Waals surface area contributed by atoms with Crippen LogP contribution < -0.4 is 5.32 Å². The van der Waals surface area contributed by atoms with Gasteiger partial charge in [0.1, 0.15) is 0 Å². The maximum absolute atomic E-state index is 11.8. The third kappa shape index (κ3) is 4.90. The third-order valence-corrected chi connectivity index (χ3v) is 3.93. The number of rotatable bonds is 7. The molecule has 1 aromatic carbocycles. The van der Waals surface area contributed by atoms with E-state index in [1.165, 1.54) is 11.1 Å². The van der Waals surface area contributed by atoms with Crippen LogP contribution in [0.3, 0.4) is 0 Å². The molecule has 0 bridgehead atoms. The first-order valence-corrected chi connectivity index (χ1v) is 7.33. The van der Waals surface area contributed by atoms with Crippen LogP contribution in [0.1, 0.15) is 24.5 Å². The van der Waals surface area contributed by atoms with E-state index in [2.05, 4.69) is 31.3 Å². The van der Waals surface area contributed by atoms with Crippen LogP contribution in [0.5, 0.6) is 0 Å². The molecule has 0 radical (unpaired) electrons. The van der Waals surface area contributed by atoms with Crippen LogP contribution in [0, 0.1) is 6.92 Å². The maximum atomic E-state index is 11.8. The van der Waals surface area contributed by atoms with Gasteiger partial charge >= 0.3 is 0 Å². The number of hydrogen-bond donors (Lipinski definition) is 1. The molecule has 0 aliphatic heterocycles. The second-order valence-electron chi connectivity index (χ2n) is 3.92. The van der Waals surface area contributed by atoms with Gasteiger partial charge in [0.15, 0.2) is 0 Å². The SMILES string of the molecule is CCNCCCS(=O)Cc1ccccc1C. The average molecular weight is 239 g/mol. The van der Waals surface area contributed by atoms with Crippen LogP contribution in [0.2, 0.25) is 0 Å². The fourth-order valence-electron chi connectivity index (χ4n) is 1.55. The summed E-state index contributed by atoms with van der Waals surface area (Å²) in [5, 5.41) is 3.24. The van der Waals surface area contributed by atoms with E-state index in [0.717, 1.165) is 25.3 Å². The van der Waals surface area contributed by atoms with Crippen LogP contribution in [0.15, 0.2) is 24.3 Å². The maximum Gasteiger partial charge on any atom is 0.0488 e. The lowest BCUT2D eigenvalue weighted by Gasteiger charge is -2.06. The summed E-state index contributed by atoms with van der Waals surface area (Å²) < 4.78 is 11.8. The fraction of sp³-hybridized carbons (Fsp3) is 0.538. The Hall–Kier alpha value is -0.670. The Bertz CT molecular complexity index is 338. The van der Waals surface area contributed by atoms with Gasteiger partial charge in [0.25, 0.3) is 0 Å². The summed E-state index contributed by atoms with van der Waals surface area (Å²) in [4.78, 5) is 0. The summed E-state index contributed by atoms with van der Waals surface area (Å²) in [7, 11) is -0.725. The Kier molecular flexibility index (Phi) is 6.34. The van der Waals surface area contributed by atoms with Crippen molar-refractivity contribution in [3.05, 3.63) is 35.4 Å². The smallest absolute Gasteiger partial charge is 0.0488 e. The first-order valence-electron chi connectivity index (χ1n) is 5.84. The topological polar surface area (TPSA) is 29.1 Å². The molecule has 3 heteroatoms. The highest BCUT2D eigenvalue weighted by molar-refractivity contribution is 7.84. The molecule has 0 aromatic heterocycles. The third-order valence-electron chi connectivity index (χ3n) is 2.55. The monoisotopic (exact) mass is 239 g/mol. The Balaban J connectivity index is 2.32. The van der Waals surface area contributed by atoms with E-state index < -0.39 is 10.8 Å². The minimum absolute atomic E-state index is 0.693. The van der Waals surface area contributed by atoms with Crippen molar-refractivity contribution in [1.29, 1.82) is 0 Å². The van der Waals surface area contributed by atoms with E-state index in [1.54, 1.807) is 0 Å². The van der Waals surface area contributed by atoms with Gasteiger partial charge in [0.2, 0.25) is 0 Å². The summed E-state index contributed by atoms with van der Waals surface area (Å²) in [6.45, 7) is 6.12. The molecule has 1 atom stereocenters. The Morgan fingerprint density at radius 1 is 1.31 bits per heavy atom. The number of hydrogen-bond acceptors (Lipinski definition) is 2. The Morgan fingerprint density at radius 3 is 2.75 bits per heavy atom. The van der Waals surface area contributed by atoms with Gasteiger partial charge in [-0.1, -0.05) is 31.2 Å². The molecule has 16 heavy (non-hydrogen) atoms. The lowest BCUT2D eigenvalue weighted by Crippen LogP contribution is -2.16. The van der Waals surface area contributed by atoms with Gasteiger partial charge in [0.05, 0.1) is 0 Å². The molecule has 1 N–H and O–H groups in total. The minimum Gasteiger partial charge on any atom is -0.317 e. The summed E-state index contributed by atoms with van der Waals surface area (Å²) >= 11 is 0. The molecule has 0 aliphatic rings. The van der Waals surface area contributed by atoms with Crippen molar-refractivity contribution in [3.63, 3.8) is 0 Å². The normalized spacial score (nSPS) is 12.6. The molecule has 0 spiro atoms. The van der Waals surface area contributed by atoms with Crippen molar-refractivity contribution >= 4 is 10.8 Å². The average Bonchev–Trinajstić information content (AvgIpc) is 2.28. The van der Waals surface area contributed by atoms with Crippen LogP contribution in [-0.4, -0.2) is 23.1 Å². The molecule has 1 rings (SSSR count). The van der Waals surface area contributed by atoms with Crippen LogP contribution >= 0.6 is 0 Å². The number of benzene rings is 1. The van der Waals surface area contributed by atoms with Gasteiger partial charge in [-0.2, -0.15) is 0 Å². The van der Waals surface area contributed by atoms with Gasteiger partial charge in [-0.15, -0.1) is 0 Å². The molecule has 1 unspecified atom stereocenters. The predicted octanol–water partition coefficient (Wildman–Crippen LogP) is 2.24. The van der Waals surface area contributed by atoms with Gasteiger partial charge in [-0.3, -0.25) is 4.21 Å². The minimum atomic E-state index is -0.725. The second kappa shape index (κ2) is 7.58. The fourth-order valence-corrected chi connectivity index (χ4v) is 2.83. The van der Waals surface area contributed by atoms with Crippen molar-refractivity contribution in [1.82, 2.24) is 5.32 Å². The summed E-state index contributed by atoms with van der Waals surface area (Å²) in [5.41, 5.74) is 2.45. The van der Waals surface area contributed by atoms with Crippen molar-refractivity contribution in [2.75, 3.05) is 18.8 Å². The summed E-state index contributed by atoms with van der Waals surface area (Å²) in [6, 6.07) is 8.17. The highest BCUT2D eigenvalue weighted by atomic mass is 32.2. The Morgan fingerprint density at radius 2 is 2.06 bits per heavy atom. The van der Waals surface area contributed by atoms with Gasteiger partial charge in [-0.25, -0.2) is 0 Å². The van der Waals surface area contributed by atoms with Crippen LogP contribution in [0.25, 0.3) is 0 Å². The lowest BCUT2D eigenvalue weighted by atomic mass is 10.1. The van der Waals surface area contributed by atoms with Crippen molar-refractivity contribution in [2.24, 2.45) is 0 Å². The van der Waals surface area contributed by atoms with E-state index in [4.69, 9.17) is 0 Å². The van der Waals surface area contributed by atoms with Gasteiger partial charge < -0.3 is 5.32 Å². The zero-order valence-corrected chi connectivity index (χ0v) is 11.0. The van der Waals surface area contributed by atoms with E-state index in [1.807, 2.05) is 12.1 Å².